The largest absolute Gasteiger partial charge is 0.486 e. The Bertz CT molecular complexity index is 553. The zero-order chi connectivity index (χ0) is 15.0. The molecule has 1 aromatic rings. The molecule has 0 amide bonds. The van der Waals surface area contributed by atoms with Crippen LogP contribution in [0.15, 0.2) is 18.2 Å². The van der Waals surface area contributed by atoms with Crippen LogP contribution in [-0.4, -0.2) is 22.6 Å². The van der Waals surface area contributed by atoms with Gasteiger partial charge in [-0.15, -0.1) is 0 Å². The molecule has 112 valence electrons. The standard InChI is InChI=1S/C15H17NO5/c17-15(18)12-2-1-3-13(16(19)20)14(12)21-8-11-7-9-4-5-10(11)6-9/h1-3,9-11H,4-8H2,(H,17,18). The predicted molar refractivity (Wildman–Crippen MR) is 74.5 cm³/mol. The van der Waals surface area contributed by atoms with Crippen LogP contribution in [0.4, 0.5) is 5.69 Å². The molecule has 2 aliphatic carbocycles. The first-order valence-electron chi connectivity index (χ1n) is 7.19. The molecule has 1 aromatic carbocycles. The van der Waals surface area contributed by atoms with Crippen LogP contribution in [-0.2, 0) is 0 Å². The summed E-state index contributed by atoms with van der Waals surface area (Å²) >= 11 is 0. The molecule has 2 bridgehead atoms. The fraction of sp³-hybridized carbons (Fsp3) is 0.533. The minimum absolute atomic E-state index is 0.113. The Morgan fingerprint density at radius 3 is 2.76 bits per heavy atom. The summed E-state index contributed by atoms with van der Waals surface area (Å²) < 4.78 is 5.60. The molecular formula is C15H17NO5. The summed E-state index contributed by atoms with van der Waals surface area (Å²) in [6, 6.07) is 3.99. The highest BCUT2D eigenvalue weighted by molar-refractivity contribution is 5.92. The van der Waals surface area contributed by atoms with Gasteiger partial charge in [0, 0.05) is 6.07 Å². The zero-order valence-corrected chi connectivity index (χ0v) is 11.5. The molecule has 0 aromatic heterocycles. The lowest BCUT2D eigenvalue weighted by atomic mass is 9.89. The number of nitrogens with zero attached hydrogens (tertiary/aromatic N) is 1. The van der Waals surface area contributed by atoms with E-state index in [1.165, 1.54) is 37.5 Å². The van der Waals surface area contributed by atoms with Crippen molar-refractivity contribution in [3.63, 3.8) is 0 Å². The van der Waals surface area contributed by atoms with Crippen LogP contribution in [0.25, 0.3) is 0 Å². The molecule has 0 saturated heterocycles. The van der Waals surface area contributed by atoms with E-state index in [2.05, 4.69) is 0 Å². The Morgan fingerprint density at radius 2 is 2.19 bits per heavy atom. The number of nitro groups is 1. The second-order valence-corrected chi connectivity index (χ2v) is 5.96. The average molecular weight is 291 g/mol. The molecule has 6 heteroatoms. The topological polar surface area (TPSA) is 89.7 Å². The van der Waals surface area contributed by atoms with Crippen molar-refractivity contribution in [2.45, 2.75) is 25.7 Å². The van der Waals surface area contributed by atoms with Gasteiger partial charge in [0.2, 0.25) is 5.75 Å². The van der Waals surface area contributed by atoms with Gasteiger partial charge in [0.1, 0.15) is 5.56 Å². The lowest BCUT2D eigenvalue weighted by Crippen LogP contribution is -2.19. The molecule has 0 heterocycles. The quantitative estimate of drug-likeness (QED) is 0.665. The van der Waals surface area contributed by atoms with E-state index in [1.807, 2.05) is 0 Å². The van der Waals surface area contributed by atoms with Crippen molar-refractivity contribution < 1.29 is 19.6 Å². The number of hydrogen-bond donors (Lipinski definition) is 1. The molecule has 6 nitrogen and oxygen atoms in total. The SMILES string of the molecule is O=C(O)c1cccc([N+](=O)[O-])c1OCC1CC2CCC1C2. The van der Waals surface area contributed by atoms with E-state index in [0.29, 0.717) is 18.4 Å². The van der Waals surface area contributed by atoms with Crippen LogP contribution in [0.1, 0.15) is 36.0 Å². The minimum atomic E-state index is -1.21. The summed E-state index contributed by atoms with van der Waals surface area (Å²) in [5.41, 5.74) is -0.426. The van der Waals surface area contributed by atoms with Crippen LogP contribution in [0.2, 0.25) is 0 Å². The van der Waals surface area contributed by atoms with Gasteiger partial charge < -0.3 is 9.84 Å². The highest BCUT2D eigenvalue weighted by atomic mass is 16.6. The Kier molecular flexibility index (Phi) is 3.53. The molecule has 3 rings (SSSR count). The van der Waals surface area contributed by atoms with Gasteiger partial charge in [-0.1, -0.05) is 12.5 Å². The van der Waals surface area contributed by atoms with Crippen molar-refractivity contribution in [2.24, 2.45) is 17.8 Å². The summed E-state index contributed by atoms with van der Waals surface area (Å²) in [5.74, 6) is 0.462. The highest BCUT2D eigenvalue weighted by Crippen LogP contribution is 2.48. The van der Waals surface area contributed by atoms with E-state index >= 15 is 0 Å². The molecule has 2 fully saturated rings. The summed E-state index contributed by atoms with van der Waals surface area (Å²) in [6.45, 7) is 0.367. The maximum Gasteiger partial charge on any atom is 0.339 e. The van der Waals surface area contributed by atoms with Crippen LogP contribution < -0.4 is 4.74 Å². The van der Waals surface area contributed by atoms with Gasteiger partial charge in [-0.3, -0.25) is 10.1 Å². The van der Waals surface area contributed by atoms with Gasteiger partial charge in [0.05, 0.1) is 11.5 Å². The van der Waals surface area contributed by atoms with E-state index in [1.54, 1.807) is 0 Å². The molecule has 0 spiro atoms. The van der Waals surface area contributed by atoms with Crippen molar-refractivity contribution in [1.29, 1.82) is 0 Å². The Hall–Kier alpha value is -2.11. The molecule has 3 atom stereocenters. The zero-order valence-electron chi connectivity index (χ0n) is 11.5. The van der Waals surface area contributed by atoms with Crippen LogP contribution in [0, 0.1) is 27.9 Å². The van der Waals surface area contributed by atoms with Gasteiger partial charge in [-0.25, -0.2) is 4.79 Å². The molecule has 2 aliphatic rings. The number of aromatic carboxylic acids is 1. The fourth-order valence-electron chi connectivity index (χ4n) is 3.76. The lowest BCUT2D eigenvalue weighted by Gasteiger charge is -2.22. The molecule has 1 N–H and O–H groups in total. The molecule has 3 unspecified atom stereocenters. The first kappa shape index (κ1) is 13.9. The van der Waals surface area contributed by atoms with Crippen LogP contribution >= 0.6 is 0 Å². The Balaban J connectivity index is 1.80. The summed E-state index contributed by atoms with van der Waals surface area (Å²) in [4.78, 5) is 21.7. The number of nitro benzene ring substituents is 1. The summed E-state index contributed by atoms with van der Waals surface area (Å²) in [5, 5.41) is 20.2. The van der Waals surface area contributed by atoms with Gasteiger partial charge in [-0.2, -0.15) is 0 Å². The van der Waals surface area contributed by atoms with Gasteiger partial charge in [0.25, 0.3) is 0 Å². The smallest absolute Gasteiger partial charge is 0.339 e. The van der Waals surface area contributed by atoms with Crippen molar-refractivity contribution in [1.82, 2.24) is 0 Å². The van der Waals surface area contributed by atoms with E-state index < -0.39 is 10.9 Å². The number of fused-ring (bicyclic) bond motifs is 2. The van der Waals surface area contributed by atoms with E-state index in [-0.39, 0.29) is 17.0 Å². The third kappa shape index (κ3) is 2.57. The van der Waals surface area contributed by atoms with Crippen molar-refractivity contribution in [3.8, 4) is 5.75 Å². The first-order chi connectivity index (χ1) is 10.1. The number of ether oxygens (including phenoxy) is 1. The van der Waals surface area contributed by atoms with Crippen molar-refractivity contribution >= 4 is 11.7 Å². The first-order valence-corrected chi connectivity index (χ1v) is 7.19. The fourth-order valence-corrected chi connectivity index (χ4v) is 3.76. The van der Waals surface area contributed by atoms with E-state index in [0.717, 1.165) is 12.3 Å². The molecular weight excluding hydrogens is 274 g/mol. The number of benzene rings is 1. The second kappa shape index (κ2) is 5.35. The summed E-state index contributed by atoms with van der Waals surface area (Å²) in [7, 11) is 0. The van der Waals surface area contributed by atoms with Crippen LogP contribution in [0.3, 0.4) is 0 Å². The van der Waals surface area contributed by atoms with Crippen molar-refractivity contribution in [3.05, 3.63) is 33.9 Å². The van der Waals surface area contributed by atoms with Crippen LogP contribution in [0.5, 0.6) is 5.75 Å². The number of carbonyl (C=O) groups is 1. The number of rotatable bonds is 5. The number of hydrogen-bond acceptors (Lipinski definition) is 4. The van der Waals surface area contributed by atoms with Gasteiger partial charge in [-0.05, 0) is 43.1 Å². The normalized spacial score (nSPS) is 26.8. The lowest BCUT2D eigenvalue weighted by molar-refractivity contribution is -0.386. The molecule has 0 aliphatic heterocycles. The highest BCUT2D eigenvalue weighted by Gasteiger charge is 2.40. The predicted octanol–water partition coefficient (Wildman–Crippen LogP) is 3.11. The summed E-state index contributed by atoms with van der Waals surface area (Å²) in [6.07, 6.45) is 4.78. The Morgan fingerprint density at radius 1 is 1.38 bits per heavy atom. The third-order valence-corrected chi connectivity index (χ3v) is 4.75. The minimum Gasteiger partial charge on any atom is -0.486 e. The molecule has 2 saturated carbocycles. The Labute approximate surface area is 121 Å². The second-order valence-electron chi connectivity index (χ2n) is 5.96. The molecule has 0 radical (unpaired) electrons. The number of carboxylic acid groups (broad SMARTS) is 1. The maximum atomic E-state index is 11.2. The van der Waals surface area contributed by atoms with Gasteiger partial charge >= 0.3 is 11.7 Å². The average Bonchev–Trinajstić information content (AvgIpc) is 3.06. The number of para-hydroxylation sites is 1. The monoisotopic (exact) mass is 291 g/mol. The van der Waals surface area contributed by atoms with E-state index in [9.17, 15) is 14.9 Å². The molecule has 21 heavy (non-hydrogen) atoms. The van der Waals surface area contributed by atoms with Crippen molar-refractivity contribution in [2.75, 3.05) is 6.61 Å². The third-order valence-electron chi connectivity index (χ3n) is 4.75. The maximum absolute atomic E-state index is 11.2. The van der Waals surface area contributed by atoms with E-state index in [4.69, 9.17) is 9.84 Å². The van der Waals surface area contributed by atoms with Gasteiger partial charge in [0.15, 0.2) is 0 Å². The number of carboxylic acids is 1.